The number of alkyl halides is 2. The van der Waals surface area contributed by atoms with Gasteiger partial charge >= 0.3 is 6.03 Å². The zero-order valence-electron chi connectivity index (χ0n) is 16.9. The van der Waals surface area contributed by atoms with Crippen LogP contribution in [0.1, 0.15) is 48.6 Å². The number of nitrogens with zero attached hydrogens (tertiary/aromatic N) is 1. The Balaban J connectivity index is 1.60. The van der Waals surface area contributed by atoms with Gasteiger partial charge in [0.15, 0.2) is 5.54 Å². The SMILES string of the molecule is CC(F)(F)[C@@]1(C#CC2CC2)NC(=O)Nc2cc(Cn3[nH]c(=O)c4c3CCC4)c(F)cc21. The molecule has 3 N–H and O–H groups in total. The highest BCUT2D eigenvalue weighted by atomic mass is 19.3. The fraction of sp³-hybridized carbons (Fsp3) is 0.455. The first-order chi connectivity index (χ1) is 14.7. The number of fused-ring (bicyclic) bond motifs is 2. The van der Waals surface area contributed by atoms with Crippen LogP contribution in [-0.2, 0) is 24.9 Å². The molecule has 31 heavy (non-hydrogen) atoms. The third kappa shape index (κ3) is 3.21. The van der Waals surface area contributed by atoms with Crippen molar-refractivity contribution in [3.63, 3.8) is 0 Å². The van der Waals surface area contributed by atoms with Crippen molar-refractivity contribution in [2.75, 3.05) is 5.32 Å². The highest BCUT2D eigenvalue weighted by Gasteiger charge is 2.55. The summed E-state index contributed by atoms with van der Waals surface area (Å²) in [5, 5.41) is 7.46. The second-order valence-electron chi connectivity index (χ2n) is 8.56. The summed E-state index contributed by atoms with van der Waals surface area (Å²) in [6.45, 7) is 0.694. The predicted molar refractivity (Wildman–Crippen MR) is 108 cm³/mol. The molecule has 0 radical (unpaired) electrons. The van der Waals surface area contributed by atoms with Gasteiger partial charge < -0.3 is 10.6 Å². The minimum Gasteiger partial charge on any atom is -0.312 e. The minimum absolute atomic E-state index is 0.0197. The highest BCUT2D eigenvalue weighted by molar-refractivity contribution is 5.95. The first kappa shape index (κ1) is 19.8. The summed E-state index contributed by atoms with van der Waals surface area (Å²) in [5.41, 5.74) is -0.837. The molecule has 0 unspecified atom stereocenters. The Morgan fingerprint density at radius 1 is 1.26 bits per heavy atom. The number of hydrogen-bond acceptors (Lipinski definition) is 2. The van der Waals surface area contributed by atoms with Crippen LogP contribution in [0.3, 0.4) is 0 Å². The van der Waals surface area contributed by atoms with Gasteiger partial charge in [0.2, 0.25) is 0 Å². The summed E-state index contributed by atoms with van der Waals surface area (Å²) in [5.74, 6) is 1.22. The second kappa shape index (κ2) is 6.67. The number of amides is 2. The number of carbonyl (C=O) groups excluding carboxylic acids is 1. The number of anilines is 1. The molecule has 2 aromatic rings. The van der Waals surface area contributed by atoms with Crippen LogP contribution in [-0.4, -0.2) is 21.7 Å². The summed E-state index contributed by atoms with van der Waals surface area (Å²) >= 11 is 0. The summed E-state index contributed by atoms with van der Waals surface area (Å²) in [4.78, 5) is 24.4. The van der Waals surface area contributed by atoms with Crippen LogP contribution in [0, 0.1) is 23.6 Å². The van der Waals surface area contributed by atoms with E-state index >= 15 is 4.39 Å². The van der Waals surface area contributed by atoms with Crippen molar-refractivity contribution in [2.24, 2.45) is 5.92 Å². The fourth-order valence-corrected chi connectivity index (χ4v) is 4.37. The Morgan fingerprint density at radius 3 is 2.74 bits per heavy atom. The topological polar surface area (TPSA) is 78.9 Å². The van der Waals surface area contributed by atoms with Gasteiger partial charge in [-0.3, -0.25) is 14.6 Å². The number of carbonyl (C=O) groups is 1. The maximum atomic E-state index is 15.1. The molecular weight excluding hydrogens is 409 g/mol. The maximum Gasteiger partial charge on any atom is 0.320 e. The minimum atomic E-state index is -3.46. The van der Waals surface area contributed by atoms with Gasteiger partial charge in [0.25, 0.3) is 11.5 Å². The van der Waals surface area contributed by atoms with Crippen molar-refractivity contribution in [1.29, 1.82) is 0 Å². The zero-order chi connectivity index (χ0) is 22.0. The van der Waals surface area contributed by atoms with Gasteiger partial charge in [-0.05, 0) is 44.2 Å². The molecule has 1 saturated carbocycles. The lowest BCUT2D eigenvalue weighted by Gasteiger charge is -2.40. The van der Waals surface area contributed by atoms with Crippen molar-refractivity contribution in [3.8, 4) is 11.8 Å². The first-order valence-electron chi connectivity index (χ1n) is 10.3. The molecule has 1 aromatic carbocycles. The smallest absolute Gasteiger partial charge is 0.312 e. The number of hydrogen-bond donors (Lipinski definition) is 3. The average Bonchev–Trinajstić information content (AvgIpc) is 3.29. The summed E-state index contributed by atoms with van der Waals surface area (Å²) < 4.78 is 46.3. The molecule has 1 aromatic heterocycles. The Labute approximate surface area is 176 Å². The number of aromatic nitrogens is 2. The number of halogens is 3. The quantitative estimate of drug-likeness (QED) is 0.654. The van der Waals surface area contributed by atoms with Gasteiger partial charge in [-0.15, -0.1) is 0 Å². The standard InChI is InChI=1S/C22H21F3N4O2/c1-21(24,25)22(8-7-12-5-6-12)15-10-16(23)13(9-17(15)26-20(31)27-22)11-29-18-4-2-3-14(18)19(30)28-29/h9-10,12H,2-6,11H2,1H3,(H,28,30)(H2,26,27,31)/t22-/m0/s1. The fourth-order valence-electron chi connectivity index (χ4n) is 4.37. The molecule has 162 valence electrons. The van der Waals surface area contributed by atoms with Crippen LogP contribution in [0.2, 0.25) is 0 Å². The molecule has 9 heteroatoms. The van der Waals surface area contributed by atoms with E-state index in [9.17, 15) is 18.4 Å². The van der Waals surface area contributed by atoms with Crippen LogP contribution in [0.5, 0.6) is 0 Å². The summed E-state index contributed by atoms with van der Waals surface area (Å²) in [7, 11) is 0. The van der Waals surface area contributed by atoms with E-state index in [1.54, 1.807) is 4.68 Å². The van der Waals surface area contributed by atoms with Crippen LogP contribution in [0.4, 0.5) is 23.7 Å². The Kier molecular flexibility index (Phi) is 4.26. The lowest BCUT2D eigenvalue weighted by atomic mass is 9.81. The number of urea groups is 1. The number of aromatic amines is 1. The second-order valence-corrected chi connectivity index (χ2v) is 8.56. The van der Waals surface area contributed by atoms with Crippen molar-refractivity contribution >= 4 is 11.7 Å². The van der Waals surface area contributed by atoms with Crippen molar-refractivity contribution in [3.05, 3.63) is 50.7 Å². The third-order valence-electron chi connectivity index (χ3n) is 6.19. The molecule has 0 bridgehead atoms. The highest BCUT2D eigenvalue weighted by Crippen LogP contribution is 2.44. The van der Waals surface area contributed by atoms with Gasteiger partial charge in [-0.2, -0.15) is 0 Å². The van der Waals surface area contributed by atoms with Crippen LogP contribution < -0.4 is 16.2 Å². The van der Waals surface area contributed by atoms with E-state index in [2.05, 4.69) is 27.6 Å². The predicted octanol–water partition coefficient (Wildman–Crippen LogP) is 3.25. The molecule has 1 atom stereocenters. The normalized spacial score (nSPS) is 22.1. The van der Waals surface area contributed by atoms with Crippen LogP contribution in [0.15, 0.2) is 16.9 Å². The number of benzene rings is 1. The van der Waals surface area contributed by atoms with Gasteiger partial charge in [0, 0.05) is 40.9 Å². The van der Waals surface area contributed by atoms with E-state index in [1.165, 1.54) is 6.07 Å². The molecule has 2 aliphatic carbocycles. The molecule has 0 spiro atoms. The maximum absolute atomic E-state index is 15.1. The van der Waals surface area contributed by atoms with Gasteiger partial charge in [0.05, 0.1) is 6.54 Å². The largest absolute Gasteiger partial charge is 0.320 e. The molecule has 1 fully saturated rings. The number of nitrogens with one attached hydrogen (secondary N) is 3. The van der Waals surface area contributed by atoms with Crippen LogP contribution in [0.25, 0.3) is 0 Å². The van der Waals surface area contributed by atoms with E-state index in [4.69, 9.17) is 0 Å². The van der Waals surface area contributed by atoms with E-state index < -0.39 is 23.3 Å². The van der Waals surface area contributed by atoms with Crippen molar-refractivity contribution in [1.82, 2.24) is 15.1 Å². The van der Waals surface area contributed by atoms with Gasteiger partial charge in [-0.25, -0.2) is 18.0 Å². The monoisotopic (exact) mass is 430 g/mol. The summed E-state index contributed by atoms with van der Waals surface area (Å²) in [6, 6.07) is 1.53. The molecule has 2 heterocycles. The van der Waals surface area contributed by atoms with Gasteiger partial charge in [0.1, 0.15) is 5.82 Å². The van der Waals surface area contributed by atoms with Crippen molar-refractivity contribution in [2.45, 2.75) is 57.0 Å². The lowest BCUT2D eigenvalue weighted by molar-refractivity contribution is -0.0465. The molecule has 5 rings (SSSR count). The molecule has 1 aliphatic heterocycles. The van der Waals surface area contributed by atoms with E-state index in [1.807, 2.05) is 0 Å². The zero-order valence-corrected chi connectivity index (χ0v) is 16.9. The first-order valence-corrected chi connectivity index (χ1v) is 10.3. The Hall–Kier alpha value is -3.15. The molecule has 3 aliphatic rings. The van der Waals surface area contributed by atoms with E-state index in [0.29, 0.717) is 25.3 Å². The average molecular weight is 430 g/mol. The summed E-state index contributed by atoms with van der Waals surface area (Å²) in [6.07, 6.45) is 3.90. The molecule has 2 amide bonds. The van der Waals surface area contributed by atoms with Crippen LogP contribution >= 0.6 is 0 Å². The molecule has 0 saturated heterocycles. The molecular formula is C22H21F3N4O2. The Bertz CT molecular complexity index is 1210. The number of rotatable bonds is 3. The van der Waals surface area contributed by atoms with Gasteiger partial charge in [-0.1, -0.05) is 11.8 Å². The van der Waals surface area contributed by atoms with Crippen molar-refractivity contribution < 1.29 is 18.0 Å². The van der Waals surface area contributed by atoms with E-state index in [0.717, 1.165) is 31.0 Å². The number of H-pyrrole nitrogens is 1. The lowest BCUT2D eigenvalue weighted by Crippen LogP contribution is -2.59. The third-order valence-corrected chi connectivity index (χ3v) is 6.19. The molecule has 6 nitrogen and oxygen atoms in total. The Morgan fingerprint density at radius 2 is 2.03 bits per heavy atom. The van der Waals surface area contributed by atoms with E-state index in [-0.39, 0.29) is 34.8 Å².